The lowest BCUT2D eigenvalue weighted by molar-refractivity contribution is 0.0548. The van der Waals surface area contributed by atoms with Gasteiger partial charge in [0.15, 0.2) is 0 Å². The number of piperidine rings is 1. The maximum Gasteiger partial charge on any atom is 0.294 e. The molecule has 0 spiro atoms. The first-order valence-electron chi connectivity index (χ1n) is 8.52. The molecule has 1 atom stereocenters. The third-order valence-electron chi connectivity index (χ3n) is 4.73. The first-order valence-corrected chi connectivity index (χ1v) is 8.52. The Labute approximate surface area is 144 Å². The summed E-state index contributed by atoms with van der Waals surface area (Å²) in [6, 6.07) is 6.84. The molecule has 0 saturated carbocycles. The molecular weight excluding hydrogens is 322 g/mol. The number of carbonyl (C=O) groups excluding carboxylic acids is 2. The number of anilines is 1. The highest BCUT2D eigenvalue weighted by molar-refractivity contribution is 6.04. The van der Waals surface area contributed by atoms with Crippen molar-refractivity contribution in [2.24, 2.45) is 0 Å². The van der Waals surface area contributed by atoms with Gasteiger partial charge in [0.25, 0.3) is 11.8 Å². The predicted octanol–water partition coefficient (Wildman–Crippen LogP) is 2.70. The van der Waals surface area contributed by atoms with Crippen LogP contribution in [0.15, 0.2) is 35.0 Å². The van der Waals surface area contributed by atoms with Crippen molar-refractivity contribution in [3.8, 4) is 5.75 Å². The van der Waals surface area contributed by atoms with Gasteiger partial charge in [-0.3, -0.25) is 9.59 Å². The van der Waals surface area contributed by atoms with Crippen molar-refractivity contribution in [3.63, 3.8) is 0 Å². The smallest absolute Gasteiger partial charge is 0.294 e. The number of amides is 2. The van der Waals surface area contributed by atoms with E-state index in [-0.39, 0.29) is 17.7 Å². The summed E-state index contributed by atoms with van der Waals surface area (Å²) in [5.74, 6) is 0.236. The lowest BCUT2D eigenvalue weighted by Gasteiger charge is -2.37. The molecule has 7 nitrogen and oxygen atoms in total. The average molecular weight is 341 g/mol. The van der Waals surface area contributed by atoms with E-state index in [1.54, 1.807) is 18.2 Å². The third kappa shape index (κ3) is 3.09. The van der Waals surface area contributed by atoms with Crippen LogP contribution in [0.5, 0.6) is 5.75 Å². The van der Waals surface area contributed by atoms with Crippen LogP contribution in [0.4, 0.5) is 5.69 Å². The quantitative estimate of drug-likeness (QED) is 0.908. The number of benzene rings is 1. The number of hydrogen-bond donors (Lipinski definition) is 1. The fourth-order valence-corrected chi connectivity index (χ4v) is 3.45. The van der Waals surface area contributed by atoms with Crippen LogP contribution in [0.3, 0.4) is 0 Å². The maximum absolute atomic E-state index is 13.0. The number of rotatable bonds is 2. The second-order valence-corrected chi connectivity index (χ2v) is 6.33. The second kappa shape index (κ2) is 6.58. The molecule has 1 aromatic carbocycles. The number of ether oxygens (including phenoxy) is 1. The molecule has 1 saturated heterocycles. The van der Waals surface area contributed by atoms with Crippen molar-refractivity contribution in [3.05, 3.63) is 41.8 Å². The molecular formula is C18H19N3O4. The molecule has 2 amide bonds. The lowest BCUT2D eigenvalue weighted by Crippen LogP contribution is -2.45. The predicted molar refractivity (Wildman–Crippen MR) is 89.7 cm³/mol. The Morgan fingerprint density at radius 1 is 1.24 bits per heavy atom. The molecule has 130 valence electrons. The van der Waals surface area contributed by atoms with Crippen molar-refractivity contribution in [1.29, 1.82) is 0 Å². The third-order valence-corrected chi connectivity index (χ3v) is 4.73. The highest BCUT2D eigenvalue weighted by Crippen LogP contribution is 2.31. The molecule has 25 heavy (non-hydrogen) atoms. The highest BCUT2D eigenvalue weighted by Gasteiger charge is 2.31. The number of nitrogens with one attached hydrogen (secondary N) is 1. The van der Waals surface area contributed by atoms with Crippen molar-refractivity contribution < 1.29 is 18.8 Å². The second-order valence-electron chi connectivity index (χ2n) is 6.33. The molecule has 2 aliphatic heterocycles. The summed E-state index contributed by atoms with van der Waals surface area (Å²) in [4.78, 5) is 27.1. The van der Waals surface area contributed by atoms with E-state index in [2.05, 4.69) is 10.5 Å². The van der Waals surface area contributed by atoms with E-state index in [1.165, 1.54) is 12.3 Å². The highest BCUT2D eigenvalue weighted by atomic mass is 16.5. The molecule has 2 aromatic rings. The van der Waals surface area contributed by atoms with Crippen molar-refractivity contribution in [1.82, 2.24) is 10.1 Å². The van der Waals surface area contributed by atoms with Crippen molar-refractivity contribution >= 4 is 17.5 Å². The number of aromatic nitrogens is 1. The summed E-state index contributed by atoms with van der Waals surface area (Å²) in [5.41, 5.74) is 1.01. The molecule has 2 aliphatic rings. The van der Waals surface area contributed by atoms with Crippen LogP contribution in [-0.2, 0) is 0 Å². The van der Waals surface area contributed by atoms with Gasteiger partial charge in [0, 0.05) is 30.8 Å². The Kier molecular flexibility index (Phi) is 4.13. The summed E-state index contributed by atoms with van der Waals surface area (Å²) < 4.78 is 10.6. The van der Waals surface area contributed by atoms with Gasteiger partial charge in [-0.15, -0.1) is 0 Å². The van der Waals surface area contributed by atoms with E-state index >= 15 is 0 Å². The van der Waals surface area contributed by atoms with E-state index in [0.29, 0.717) is 23.6 Å². The van der Waals surface area contributed by atoms with Gasteiger partial charge >= 0.3 is 0 Å². The Morgan fingerprint density at radius 2 is 2.16 bits per heavy atom. The number of hydrogen-bond acceptors (Lipinski definition) is 5. The van der Waals surface area contributed by atoms with Crippen molar-refractivity contribution in [2.75, 3.05) is 18.5 Å². The van der Waals surface area contributed by atoms with Gasteiger partial charge in [0.2, 0.25) is 5.76 Å². The molecule has 1 N–H and O–H groups in total. The van der Waals surface area contributed by atoms with E-state index in [9.17, 15) is 9.59 Å². The van der Waals surface area contributed by atoms with Gasteiger partial charge < -0.3 is 19.5 Å². The van der Waals surface area contributed by atoms with Gasteiger partial charge in [-0.05, 0) is 37.5 Å². The minimum Gasteiger partial charge on any atom is -0.493 e. The minimum atomic E-state index is -0.410. The minimum absolute atomic E-state index is 0.0323. The first kappa shape index (κ1) is 15.7. The van der Waals surface area contributed by atoms with E-state index in [1.807, 2.05) is 4.90 Å². The molecule has 1 fully saturated rings. The summed E-state index contributed by atoms with van der Waals surface area (Å²) >= 11 is 0. The first-order chi connectivity index (χ1) is 12.2. The Hall–Kier alpha value is -2.83. The average Bonchev–Trinajstić information content (AvgIpc) is 3.16. The molecule has 3 heterocycles. The fourth-order valence-electron chi connectivity index (χ4n) is 3.45. The Balaban J connectivity index is 1.61. The molecule has 0 bridgehead atoms. The van der Waals surface area contributed by atoms with Gasteiger partial charge in [-0.2, -0.15) is 0 Å². The van der Waals surface area contributed by atoms with Gasteiger partial charge in [-0.1, -0.05) is 5.16 Å². The molecule has 0 aliphatic carbocycles. The number of nitrogens with zero attached hydrogens (tertiary/aromatic N) is 2. The SMILES string of the molecule is O=C(Nc1ccc2c(c1)C(=O)N1CCCCC1CCO2)c1ccno1. The van der Waals surface area contributed by atoms with Crippen LogP contribution in [0.2, 0.25) is 0 Å². The molecule has 7 heteroatoms. The maximum atomic E-state index is 13.0. The van der Waals surface area contributed by atoms with Crippen LogP contribution in [0.25, 0.3) is 0 Å². The zero-order chi connectivity index (χ0) is 17.2. The number of carbonyl (C=O) groups is 2. The molecule has 1 unspecified atom stereocenters. The standard InChI is InChI=1S/C18H19N3O4/c22-17(16-6-8-19-25-16)20-12-4-5-15-14(11-12)18(23)21-9-2-1-3-13(21)7-10-24-15/h4-6,8,11,13H,1-3,7,9-10H2,(H,20,22). The van der Waals surface area contributed by atoms with E-state index in [4.69, 9.17) is 9.26 Å². The zero-order valence-corrected chi connectivity index (χ0v) is 13.7. The molecule has 1 aromatic heterocycles. The molecule has 4 rings (SSSR count). The Morgan fingerprint density at radius 3 is 3.00 bits per heavy atom. The van der Waals surface area contributed by atoms with Crippen LogP contribution in [0.1, 0.15) is 46.6 Å². The number of fused-ring (bicyclic) bond motifs is 2. The van der Waals surface area contributed by atoms with Gasteiger partial charge in [-0.25, -0.2) is 0 Å². The Bertz CT molecular complexity index is 788. The van der Waals surface area contributed by atoms with Crippen LogP contribution in [0, 0.1) is 0 Å². The van der Waals surface area contributed by atoms with Gasteiger partial charge in [0.05, 0.1) is 18.4 Å². The van der Waals surface area contributed by atoms with Gasteiger partial charge in [0.1, 0.15) is 5.75 Å². The summed E-state index contributed by atoms with van der Waals surface area (Å²) in [6.45, 7) is 1.36. The fraction of sp³-hybridized carbons (Fsp3) is 0.389. The summed E-state index contributed by atoms with van der Waals surface area (Å²) in [5, 5.41) is 6.24. The summed E-state index contributed by atoms with van der Waals surface area (Å²) in [6.07, 6.45) is 5.46. The monoisotopic (exact) mass is 341 g/mol. The summed E-state index contributed by atoms with van der Waals surface area (Å²) in [7, 11) is 0. The lowest BCUT2D eigenvalue weighted by atomic mass is 9.97. The van der Waals surface area contributed by atoms with Crippen LogP contribution < -0.4 is 10.1 Å². The normalized spacial score (nSPS) is 19.9. The van der Waals surface area contributed by atoms with Crippen LogP contribution in [-0.4, -0.2) is 41.1 Å². The molecule has 0 radical (unpaired) electrons. The van der Waals surface area contributed by atoms with E-state index < -0.39 is 5.91 Å². The topological polar surface area (TPSA) is 84.7 Å². The van der Waals surface area contributed by atoms with Crippen molar-refractivity contribution in [2.45, 2.75) is 31.7 Å². The largest absolute Gasteiger partial charge is 0.493 e. The zero-order valence-electron chi connectivity index (χ0n) is 13.7. The van der Waals surface area contributed by atoms with E-state index in [0.717, 1.165) is 32.2 Å². The van der Waals surface area contributed by atoms with Crippen LogP contribution >= 0.6 is 0 Å².